The topological polar surface area (TPSA) is 102 Å². The molecular formula is C25H17Cl2N3O4S. The third-order valence-corrected chi connectivity index (χ3v) is 7.37. The van der Waals surface area contributed by atoms with Crippen LogP contribution in [0.1, 0.15) is 16.7 Å². The summed E-state index contributed by atoms with van der Waals surface area (Å²) in [5.74, 6) is -0.0594. The molecule has 0 radical (unpaired) electrons. The molecule has 10 heteroatoms. The molecule has 2 aromatic carbocycles. The number of hydrogen-bond acceptors (Lipinski definition) is 6. The molecule has 0 fully saturated rings. The van der Waals surface area contributed by atoms with E-state index in [1.54, 1.807) is 43.3 Å². The second kappa shape index (κ2) is 9.55. The summed E-state index contributed by atoms with van der Waals surface area (Å²) in [4.78, 5) is 17.2. The zero-order chi connectivity index (χ0) is 25.3. The normalized spacial score (nSPS) is 11.9. The summed E-state index contributed by atoms with van der Waals surface area (Å²) in [5, 5.41) is 10.3. The van der Waals surface area contributed by atoms with Crippen molar-refractivity contribution in [1.82, 2.24) is 9.38 Å². The number of hydrogen-bond donors (Lipinski definition) is 0. The maximum absolute atomic E-state index is 13.4. The van der Waals surface area contributed by atoms with Crippen molar-refractivity contribution in [3.05, 3.63) is 103 Å². The van der Waals surface area contributed by atoms with E-state index in [-0.39, 0.29) is 27.1 Å². The van der Waals surface area contributed by atoms with Crippen LogP contribution in [0, 0.1) is 25.2 Å². The number of allylic oxidation sites excluding steroid dienone is 1. The van der Waals surface area contributed by atoms with Crippen LogP contribution in [-0.2, 0) is 9.84 Å². The fourth-order valence-corrected chi connectivity index (χ4v) is 4.89. The number of aryl methyl sites for hydroxylation is 2. The molecular weight excluding hydrogens is 509 g/mol. The molecule has 35 heavy (non-hydrogen) atoms. The first kappa shape index (κ1) is 24.5. The lowest BCUT2D eigenvalue weighted by Gasteiger charge is -2.12. The molecule has 0 saturated carbocycles. The molecule has 0 saturated heterocycles. The van der Waals surface area contributed by atoms with Gasteiger partial charge in [-0.15, -0.1) is 0 Å². The summed E-state index contributed by atoms with van der Waals surface area (Å²) in [6.07, 6.45) is 2.47. The fourth-order valence-electron chi connectivity index (χ4n) is 3.30. The lowest BCUT2D eigenvalue weighted by atomic mass is 10.2. The summed E-state index contributed by atoms with van der Waals surface area (Å²) < 4.78 is 33.5. The highest BCUT2D eigenvalue weighted by Gasteiger charge is 2.24. The molecule has 0 amide bonds. The molecule has 4 aromatic rings. The largest absolute Gasteiger partial charge is 0.437 e. The van der Waals surface area contributed by atoms with Gasteiger partial charge in [-0.2, -0.15) is 10.2 Å². The zero-order valence-corrected chi connectivity index (χ0v) is 20.8. The van der Waals surface area contributed by atoms with E-state index in [4.69, 9.17) is 27.9 Å². The molecule has 0 aliphatic heterocycles. The highest BCUT2D eigenvalue weighted by molar-refractivity contribution is 7.95. The predicted octanol–water partition coefficient (Wildman–Crippen LogP) is 5.75. The standard InChI is InChI=1S/C25H17Cl2N3O4S/c1-15-5-8-18(9-6-15)35(32,33)19(14-28)13-20-24(34-22-10-7-17(26)12-21(22)27)29-23-16(2)4-3-11-30(23)25(20)31/h3-13H,1-2H3. The quantitative estimate of drug-likeness (QED) is 0.307. The van der Waals surface area contributed by atoms with E-state index in [9.17, 15) is 18.5 Å². The number of pyridine rings is 1. The molecule has 0 atom stereocenters. The van der Waals surface area contributed by atoms with E-state index >= 15 is 0 Å². The number of nitrogens with zero attached hydrogens (tertiary/aromatic N) is 3. The third-order valence-electron chi connectivity index (χ3n) is 5.16. The van der Waals surface area contributed by atoms with E-state index in [0.29, 0.717) is 16.2 Å². The van der Waals surface area contributed by atoms with Gasteiger partial charge in [-0.05, 0) is 61.9 Å². The minimum atomic E-state index is -4.22. The minimum Gasteiger partial charge on any atom is -0.437 e. The third kappa shape index (κ3) is 4.80. The molecule has 7 nitrogen and oxygen atoms in total. The fraction of sp³-hybridized carbons (Fsp3) is 0.0800. The van der Waals surface area contributed by atoms with Crippen LogP contribution < -0.4 is 10.3 Å². The Balaban J connectivity index is 1.97. The Hall–Kier alpha value is -3.64. The summed E-state index contributed by atoms with van der Waals surface area (Å²) in [6.45, 7) is 3.57. The van der Waals surface area contributed by atoms with Crippen molar-refractivity contribution in [2.75, 3.05) is 0 Å². The Morgan fingerprint density at radius 3 is 2.49 bits per heavy atom. The number of rotatable bonds is 5. The molecule has 0 bridgehead atoms. The number of benzene rings is 2. The monoisotopic (exact) mass is 525 g/mol. The molecule has 2 aromatic heterocycles. The first-order valence-corrected chi connectivity index (χ1v) is 12.4. The van der Waals surface area contributed by atoms with E-state index < -0.39 is 20.3 Å². The van der Waals surface area contributed by atoms with Crippen LogP contribution in [0.5, 0.6) is 11.6 Å². The van der Waals surface area contributed by atoms with Gasteiger partial charge >= 0.3 is 0 Å². The summed E-state index contributed by atoms with van der Waals surface area (Å²) in [6, 6.07) is 15.6. The van der Waals surface area contributed by atoms with Gasteiger partial charge in [0.15, 0.2) is 0 Å². The number of halogens is 2. The smallest absolute Gasteiger partial charge is 0.269 e. The SMILES string of the molecule is Cc1ccc(S(=O)(=O)C(C#N)=Cc2c(Oc3ccc(Cl)cc3Cl)nc3c(C)cccn3c2=O)cc1. The average molecular weight is 526 g/mol. The van der Waals surface area contributed by atoms with E-state index in [1.165, 1.54) is 34.9 Å². The molecule has 0 unspecified atom stereocenters. The van der Waals surface area contributed by atoms with Crippen LogP contribution in [-0.4, -0.2) is 17.8 Å². The number of sulfone groups is 1. The molecule has 0 spiro atoms. The van der Waals surface area contributed by atoms with Crippen LogP contribution in [0.4, 0.5) is 0 Å². The van der Waals surface area contributed by atoms with Gasteiger partial charge in [-0.1, -0.05) is 47.0 Å². The van der Waals surface area contributed by atoms with Gasteiger partial charge in [0.05, 0.1) is 9.92 Å². The van der Waals surface area contributed by atoms with Crippen molar-refractivity contribution in [3.63, 3.8) is 0 Å². The van der Waals surface area contributed by atoms with Crippen LogP contribution in [0.25, 0.3) is 11.7 Å². The van der Waals surface area contributed by atoms with Crippen LogP contribution in [0.2, 0.25) is 10.0 Å². The van der Waals surface area contributed by atoms with Crippen molar-refractivity contribution in [3.8, 4) is 17.7 Å². The molecule has 4 rings (SSSR count). The van der Waals surface area contributed by atoms with Crippen molar-refractivity contribution in [2.24, 2.45) is 0 Å². The lowest BCUT2D eigenvalue weighted by molar-refractivity contribution is 0.461. The van der Waals surface area contributed by atoms with Gasteiger partial charge in [-0.25, -0.2) is 8.42 Å². The Labute approximate surface area is 211 Å². The molecule has 0 N–H and O–H groups in total. The molecule has 0 aliphatic rings. The maximum atomic E-state index is 13.4. The zero-order valence-electron chi connectivity index (χ0n) is 18.5. The number of aromatic nitrogens is 2. The second-order valence-electron chi connectivity index (χ2n) is 7.63. The van der Waals surface area contributed by atoms with Crippen LogP contribution in [0.3, 0.4) is 0 Å². The van der Waals surface area contributed by atoms with Crippen molar-refractivity contribution in [1.29, 1.82) is 5.26 Å². The van der Waals surface area contributed by atoms with Crippen molar-refractivity contribution in [2.45, 2.75) is 18.7 Å². The Morgan fingerprint density at radius 2 is 1.83 bits per heavy atom. The van der Waals surface area contributed by atoms with Gasteiger partial charge < -0.3 is 4.74 Å². The molecule has 2 heterocycles. The molecule has 0 aliphatic carbocycles. The summed E-state index contributed by atoms with van der Waals surface area (Å²) in [7, 11) is -4.22. The Morgan fingerprint density at radius 1 is 1.11 bits per heavy atom. The maximum Gasteiger partial charge on any atom is 0.269 e. The van der Waals surface area contributed by atoms with Crippen LogP contribution >= 0.6 is 23.2 Å². The highest BCUT2D eigenvalue weighted by atomic mass is 35.5. The molecule has 176 valence electrons. The van der Waals surface area contributed by atoms with Gasteiger partial charge in [-0.3, -0.25) is 9.20 Å². The summed E-state index contributed by atoms with van der Waals surface area (Å²) in [5.41, 5.74) is 0.987. The number of fused-ring (bicyclic) bond motifs is 1. The predicted molar refractivity (Wildman–Crippen MR) is 135 cm³/mol. The summed E-state index contributed by atoms with van der Waals surface area (Å²) >= 11 is 12.2. The van der Waals surface area contributed by atoms with E-state index in [0.717, 1.165) is 11.6 Å². The van der Waals surface area contributed by atoms with Gasteiger partial charge in [0.1, 0.15) is 27.9 Å². The minimum absolute atomic E-state index is 0.0798. The van der Waals surface area contributed by atoms with E-state index in [1.807, 2.05) is 6.92 Å². The van der Waals surface area contributed by atoms with Gasteiger partial charge in [0.2, 0.25) is 15.7 Å². The Bertz CT molecular complexity index is 1700. The highest BCUT2D eigenvalue weighted by Crippen LogP contribution is 2.33. The van der Waals surface area contributed by atoms with Crippen molar-refractivity contribution < 1.29 is 13.2 Å². The number of nitriles is 1. The van der Waals surface area contributed by atoms with Crippen LogP contribution in [0.15, 0.2) is 75.4 Å². The first-order chi connectivity index (χ1) is 16.6. The average Bonchev–Trinajstić information content (AvgIpc) is 2.81. The van der Waals surface area contributed by atoms with Gasteiger partial charge in [0, 0.05) is 11.2 Å². The number of ether oxygens (including phenoxy) is 1. The van der Waals surface area contributed by atoms with Gasteiger partial charge in [0.25, 0.3) is 5.56 Å². The first-order valence-electron chi connectivity index (χ1n) is 10.2. The Kier molecular flexibility index (Phi) is 6.68. The van der Waals surface area contributed by atoms with Crippen molar-refractivity contribution >= 4 is 44.8 Å². The second-order valence-corrected chi connectivity index (χ2v) is 10.4. The lowest BCUT2D eigenvalue weighted by Crippen LogP contribution is -2.20. The van der Waals surface area contributed by atoms with E-state index in [2.05, 4.69) is 4.98 Å².